The molecule has 6 rings (SSSR count). The number of ether oxygens (including phenoxy) is 2. The molecule has 0 radical (unpaired) electrons. The van der Waals surface area contributed by atoms with Crippen molar-refractivity contribution in [1.29, 1.82) is 0 Å². The number of carbonyl (C=O) groups excluding carboxylic acids is 1. The zero-order valence-corrected chi connectivity index (χ0v) is 25.2. The van der Waals surface area contributed by atoms with Crippen LogP contribution in [0.25, 0.3) is 0 Å². The monoisotopic (exact) mass is 538 g/mol. The first kappa shape index (κ1) is 26.7. The molecule has 38 heavy (non-hydrogen) atoms. The third-order valence-corrected chi connectivity index (χ3v) is 15.8. The zero-order chi connectivity index (χ0) is 27.1. The molecule has 208 valence electrons. The van der Waals surface area contributed by atoms with Gasteiger partial charge in [-0.25, -0.2) is 0 Å². The molecule has 1 aliphatic heterocycles. The second-order valence-electron chi connectivity index (χ2n) is 14.6. The van der Waals surface area contributed by atoms with Crippen LogP contribution in [-0.4, -0.2) is 43.8 Å². The highest BCUT2D eigenvalue weighted by atomic mass is 28.4. The van der Waals surface area contributed by atoms with Gasteiger partial charge in [0.15, 0.2) is 5.79 Å². The third-order valence-electron chi connectivity index (χ3n) is 11.4. The standard InChI is InChI=1S/C32H46O5Si/c1-29(2,3)38(5,6)37-22-9-7-21(8-10-22)24-19-30(4)25(11-12-27(30)33)23-13-15-31(34)20-32(35-17-18-36-32)16-14-26(31)28(23)24/h7-10,23-25,34H,11-20H2,1-6H3/t23-,24?,25-,30-,31+/m0/s1. The van der Waals surface area contributed by atoms with Crippen LogP contribution in [0.3, 0.4) is 0 Å². The molecule has 5 nitrogen and oxygen atoms in total. The molecule has 0 aromatic heterocycles. The van der Waals surface area contributed by atoms with Crippen molar-refractivity contribution in [3.05, 3.63) is 41.0 Å². The maximum Gasteiger partial charge on any atom is 0.250 e. The molecule has 4 aliphatic carbocycles. The smallest absolute Gasteiger partial charge is 0.250 e. The minimum absolute atomic E-state index is 0.138. The minimum atomic E-state index is -1.93. The lowest BCUT2D eigenvalue weighted by Gasteiger charge is -2.55. The second-order valence-corrected chi connectivity index (χ2v) is 19.3. The van der Waals surface area contributed by atoms with E-state index in [1.807, 2.05) is 0 Å². The number of carbonyl (C=O) groups is 1. The second kappa shape index (κ2) is 8.76. The molecule has 1 aromatic carbocycles. The van der Waals surface area contributed by atoms with Gasteiger partial charge in [-0.3, -0.25) is 4.79 Å². The predicted octanol–water partition coefficient (Wildman–Crippen LogP) is 6.91. The van der Waals surface area contributed by atoms with Crippen LogP contribution in [0.15, 0.2) is 35.4 Å². The molecule has 5 aliphatic rings. The first-order chi connectivity index (χ1) is 17.8. The number of aliphatic hydroxyl groups is 1. The Hall–Kier alpha value is -1.47. The van der Waals surface area contributed by atoms with E-state index in [1.165, 1.54) is 16.7 Å². The van der Waals surface area contributed by atoms with Crippen LogP contribution in [0.1, 0.15) is 90.5 Å². The molecule has 6 heteroatoms. The summed E-state index contributed by atoms with van der Waals surface area (Å²) in [6.45, 7) is 14.8. The van der Waals surface area contributed by atoms with E-state index < -0.39 is 19.7 Å². The van der Waals surface area contributed by atoms with E-state index in [4.69, 9.17) is 13.9 Å². The summed E-state index contributed by atoms with van der Waals surface area (Å²) in [5.74, 6) is 1.63. The van der Waals surface area contributed by atoms with E-state index in [0.717, 1.165) is 44.3 Å². The Kier molecular flexibility index (Phi) is 6.16. The molecule has 1 saturated heterocycles. The van der Waals surface area contributed by atoms with Gasteiger partial charge in [0.1, 0.15) is 11.5 Å². The summed E-state index contributed by atoms with van der Waals surface area (Å²) in [6, 6.07) is 8.71. The van der Waals surface area contributed by atoms with E-state index in [-0.39, 0.29) is 16.4 Å². The molecule has 4 fully saturated rings. The highest BCUT2D eigenvalue weighted by Crippen LogP contribution is 2.64. The summed E-state index contributed by atoms with van der Waals surface area (Å²) in [6.07, 6.45) is 6.32. The van der Waals surface area contributed by atoms with Gasteiger partial charge in [-0.15, -0.1) is 0 Å². The molecular weight excluding hydrogens is 492 g/mol. The Balaban J connectivity index is 1.39. The van der Waals surface area contributed by atoms with Gasteiger partial charge < -0.3 is 19.0 Å². The molecule has 1 spiro atoms. The molecule has 1 N–H and O–H groups in total. The van der Waals surface area contributed by atoms with E-state index in [0.29, 0.717) is 43.7 Å². The summed E-state index contributed by atoms with van der Waals surface area (Å²) in [5.41, 5.74) is 2.75. The number of Topliss-reactive ketones (excluding diaryl/α,β-unsaturated/α-hetero) is 1. The predicted molar refractivity (Wildman–Crippen MR) is 151 cm³/mol. The van der Waals surface area contributed by atoms with Crippen molar-refractivity contribution in [1.82, 2.24) is 0 Å². The summed E-state index contributed by atoms with van der Waals surface area (Å²) in [5, 5.41) is 12.3. The van der Waals surface area contributed by atoms with Crippen molar-refractivity contribution in [2.75, 3.05) is 13.2 Å². The first-order valence-corrected chi connectivity index (χ1v) is 17.7. The summed E-state index contributed by atoms with van der Waals surface area (Å²) < 4.78 is 18.7. The van der Waals surface area contributed by atoms with Crippen molar-refractivity contribution < 1.29 is 23.8 Å². The fourth-order valence-corrected chi connectivity index (χ4v) is 9.33. The van der Waals surface area contributed by atoms with Gasteiger partial charge in [-0.1, -0.05) is 45.4 Å². The SMILES string of the molecule is CC(C)(C)[Si](C)(C)Oc1ccc(C2C[C@]3(C)C(=O)CC[C@H]3[C@@H]3CC[C@@]4(O)CC5(CCC4=C23)OCCO5)cc1. The fourth-order valence-electron chi connectivity index (χ4n) is 8.30. The molecule has 0 bridgehead atoms. The Bertz CT molecular complexity index is 1140. The largest absolute Gasteiger partial charge is 0.544 e. The maximum absolute atomic E-state index is 13.3. The fraction of sp³-hybridized carbons (Fsp3) is 0.719. The van der Waals surface area contributed by atoms with Crippen molar-refractivity contribution >= 4 is 14.1 Å². The third kappa shape index (κ3) is 4.08. The Morgan fingerprint density at radius 2 is 1.71 bits per heavy atom. The number of rotatable bonds is 3. The molecule has 1 aromatic rings. The molecule has 3 saturated carbocycles. The van der Waals surface area contributed by atoms with Crippen LogP contribution < -0.4 is 4.43 Å². The number of hydrogen-bond acceptors (Lipinski definition) is 5. The first-order valence-electron chi connectivity index (χ1n) is 14.8. The van der Waals surface area contributed by atoms with Crippen LogP contribution in [0.5, 0.6) is 5.75 Å². The van der Waals surface area contributed by atoms with Gasteiger partial charge in [-0.2, -0.15) is 0 Å². The Morgan fingerprint density at radius 1 is 1.03 bits per heavy atom. The number of hydrogen-bond donors (Lipinski definition) is 1. The van der Waals surface area contributed by atoms with Gasteiger partial charge in [-0.05, 0) is 85.3 Å². The Labute approximate surface area is 229 Å². The van der Waals surface area contributed by atoms with Gasteiger partial charge in [0.2, 0.25) is 8.32 Å². The van der Waals surface area contributed by atoms with Crippen LogP contribution in [0, 0.1) is 17.3 Å². The Morgan fingerprint density at radius 3 is 2.37 bits per heavy atom. The maximum atomic E-state index is 13.3. The van der Waals surface area contributed by atoms with Crippen LogP contribution >= 0.6 is 0 Å². The topological polar surface area (TPSA) is 65.0 Å². The zero-order valence-electron chi connectivity index (χ0n) is 24.2. The number of fused-ring (bicyclic) bond motifs is 4. The van der Waals surface area contributed by atoms with Crippen molar-refractivity contribution in [2.45, 2.75) is 114 Å². The van der Waals surface area contributed by atoms with Gasteiger partial charge in [0.25, 0.3) is 0 Å². The number of benzene rings is 1. The summed E-state index contributed by atoms with van der Waals surface area (Å²) in [7, 11) is -1.93. The van der Waals surface area contributed by atoms with Gasteiger partial charge in [0.05, 0.1) is 18.8 Å². The molecular formula is C32H46O5Si. The lowest BCUT2D eigenvalue weighted by Crippen LogP contribution is -2.53. The van der Waals surface area contributed by atoms with Gasteiger partial charge >= 0.3 is 0 Å². The van der Waals surface area contributed by atoms with Crippen molar-refractivity contribution in [3.8, 4) is 5.75 Å². The highest BCUT2D eigenvalue weighted by Gasteiger charge is 2.60. The number of allylic oxidation sites excluding steroid dienone is 1. The van der Waals surface area contributed by atoms with Crippen molar-refractivity contribution in [3.63, 3.8) is 0 Å². The summed E-state index contributed by atoms with van der Waals surface area (Å²) >= 11 is 0. The highest BCUT2D eigenvalue weighted by molar-refractivity contribution is 6.74. The molecule has 1 unspecified atom stereocenters. The van der Waals surface area contributed by atoms with E-state index >= 15 is 0 Å². The molecule has 1 heterocycles. The quantitative estimate of drug-likeness (QED) is 0.335. The average Bonchev–Trinajstić information content (AvgIpc) is 3.41. The van der Waals surface area contributed by atoms with Crippen LogP contribution in [-0.2, 0) is 14.3 Å². The van der Waals surface area contributed by atoms with Crippen molar-refractivity contribution in [2.24, 2.45) is 17.3 Å². The average molecular weight is 539 g/mol. The minimum Gasteiger partial charge on any atom is -0.544 e. The lowest BCUT2D eigenvalue weighted by molar-refractivity contribution is -0.208. The lowest BCUT2D eigenvalue weighted by atomic mass is 9.51. The molecule has 0 amide bonds. The van der Waals surface area contributed by atoms with Gasteiger partial charge in [0, 0.05) is 30.6 Å². The van der Waals surface area contributed by atoms with E-state index in [2.05, 4.69) is 65.1 Å². The van der Waals surface area contributed by atoms with Crippen LogP contribution in [0.4, 0.5) is 0 Å². The van der Waals surface area contributed by atoms with Crippen LogP contribution in [0.2, 0.25) is 18.1 Å². The molecule has 5 atom stereocenters. The number of ketones is 1. The van der Waals surface area contributed by atoms with E-state index in [9.17, 15) is 9.90 Å². The summed E-state index contributed by atoms with van der Waals surface area (Å²) in [4.78, 5) is 13.3. The normalized spacial score (nSPS) is 36.7. The van der Waals surface area contributed by atoms with E-state index in [1.54, 1.807) is 0 Å².